The van der Waals surface area contributed by atoms with E-state index in [9.17, 15) is 0 Å². The lowest BCUT2D eigenvalue weighted by Gasteiger charge is -2.09. The average molecular weight is 299 g/mol. The van der Waals surface area contributed by atoms with E-state index in [1.165, 1.54) is 11.5 Å². The number of nitrogens with zero attached hydrogens (tertiary/aromatic N) is 2. The number of aromatic nitrogens is 2. The van der Waals surface area contributed by atoms with E-state index in [1.807, 2.05) is 6.07 Å². The molecule has 0 radical (unpaired) electrons. The lowest BCUT2D eigenvalue weighted by atomic mass is 10.2. The van der Waals surface area contributed by atoms with Crippen LogP contribution < -0.4 is 4.74 Å². The van der Waals surface area contributed by atoms with E-state index < -0.39 is 0 Å². The molecule has 0 saturated carbocycles. The fraction of sp³-hybridized carbons (Fsp3) is 0.385. The van der Waals surface area contributed by atoms with Crippen molar-refractivity contribution in [2.24, 2.45) is 0 Å². The number of benzene rings is 1. The van der Waals surface area contributed by atoms with Gasteiger partial charge in [0, 0.05) is 5.02 Å². The number of aliphatic hydroxyl groups excluding tert-OH is 1. The van der Waals surface area contributed by atoms with Crippen molar-refractivity contribution in [1.82, 2.24) is 9.36 Å². The van der Waals surface area contributed by atoms with E-state index in [0.29, 0.717) is 28.2 Å². The van der Waals surface area contributed by atoms with Crippen molar-refractivity contribution < 1.29 is 9.84 Å². The molecule has 6 heteroatoms. The maximum absolute atomic E-state index is 9.04. The van der Waals surface area contributed by atoms with E-state index in [4.69, 9.17) is 21.4 Å². The molecule has 2 rings (SSSR count). The highest BCUT2D eigenvalue weighted by atomic mass is 35.5. The molecular weight excluding hydrogens is 284 g/mol. The Hall–Kier alpha value is -1.17. The Balaban J connectivity index is 2.27. The van der Waals surface area contributed by atoms with E-state index in [0.717, 1.165) is 18.4 Å². The number of rotatable bonds is 6. The predicted octanol–water partition coefficient (Wildman–Crippen LogP) is 3.53. The van der Waals surface area contributed by atoms with Crippen LogP contribution in [0.1, 0.15) is 24.8 Å². The summed E-state index contributed by atoms with van der Waals surface area (Å²) in [6.45, 7) is 2.65. The van der Waals surface area contributed by atoms with Crippen molar-refractivity contribution in [2.75, 3.05) is 6.61 Å². The highest BCUT2D eigenvalue weighted by Crippen LogP contribution is 2.31. The molecule has 0 saturated heterocycles. The lowest BCUT2D eigenvalue weighted by molar-refractivity contribution is 0.281. The van der Waals surface area contributed by atoms with Gasteiger partial charge in [-0.15, -0.1) is 0 Å². The second-order valence-corrected chi connectivity index (χ2v) is 5.29. The third kappa shape index (κ3) is 3.65. The lowest BCUT2D eigenvalue weighted by Crippen LogP contribution is -1.98. The zero-order valence-electron chi connectivity index (χ0n) is 10.6. The molecule has 0 atom stereocenters. The first-order valence-corrected chi connectivity index (χ1v) is 7.26. The average Bonchev–Trinajstić information content (AvgIpc) is 2.88. The molecule has 0 spiro atoms. The molecule has 0 amide bonds. The number of ether oxygens (including phenoxy) is 1. The van der Waals surface area contributed by atoms with Crippen molar-refractivity contribution in [3.63, 3.8) is 0 Å². The molecule has 19 heavy (non-hydrogen) atoms. The van der Waals surface area contributed by atoms with Gasteiger partial charge in [-0.1, -0.05) is 24.9 Å². The summed E-state index contributed by atoms with van der Waals surface area (Å²) in [5.74, 6) is 1.25. The van der Waals surface area contributed by atoms with E-state index >= 15 is 0 Å². The molecule has 0 bridgehead atoms. The zero-order valence-corrected chi connectivity index (χ0v) is 12.2. The van der Waals surface area contributed by atoms with Crippen molar-refractivity contribution in [2.45, 2.75) is 26.4 Å². The number of aliphatic hydroxyl groups is 1. The van der Waals surface area contributed by atoms with Gasteiger partial charge in [0.15, 0.2) is 5.82 Å². The maximum Gasteiger partial charge on any atom is 0.176 e. The molecule has 1 heterocycles. The van der Waals surface area contributed by atoms with Crippen LogP contribution in [0.3, 0.4) is 0 Å². The van der Waals surface area contributed by atoms with Crippen molar-refractivity contribution in [3.05, 3.63) is 28.2 Å². The highest BCUT2D eigenvalue weighted by Gasteiger charge is 2.12. The van der Waals surface area contributed by atoms with E-state index in [1.54, 1.807) is 12.1 Å². The minimum absolute atomic E-state index is 0.0999. The molecule has 0 aliphatic carbocycles. The molecule has 2 aromatic rings. The van der Waals surface area contributed by atoms with Crippen molar-refractivity contribution in [1.29, 1.82) is 0 Å². The van der Waals surface area contributed by atoms with Gasteiger partial charge in [-0.05, 0) is 36.2 Å². The minimum Gasteiger partial charge on any atom is -0.493 e. The van der Waals surface area contributed by atoms with Crippen LogP contribution >= 0.6 is 23.1 Å². The van der Waals surface area contributed by atoms with Crippen molar-refractivity contribution in [3.8, 4) is 17.1 Å². The maximum atomic E-state index is 9.04. The van der Waals surface area contributed by atoms with Crippen LogP contribution in [-0.2, 0) is 6.61 Å². The molecule has 0 unspecified atom stereocenters. The Morgan fingerprint density at radius 1 is 1.42 bits per heavy atom. The third-order valence-electron chi connectivity index (χ3n) is 2.54. The van der Waals surface area contributed by atoms with Crippen LogP contribution in [0.25, 0.3) is 11.4 Å². The molecule has 4 nitrogen and oxygen atoms in total. The van der Waals surface area contributed by atoms with Gasteiger partial charge < -0.3 is 9.84 Å². The topological polar surface area (TPSA) is 55.2 Å². The Kier molecular flexibility index (Phi) is 5.13. The molecule has 1 aromatic carbocycles. The van der Waals surface area contributed by atoms with Gasteiger partial charge in [-0.25, -0.2) is 4.98 Å². The Labute approximate surface area is 121 Å². The Morgan fingerprint density at radius 2 is 2.26 bits per heavy atom. The van der Waals surface area contributed by atoms with Crippen LogP contribution in [0.5, 0.6) is 5.75 Å². The van der Waals surface area contributed by atoms with Gasteiger partial charge in [0.25, 0.3) is 0 Å². The van der Waals surface area contributed by atoms with Crippen LogP contribution in [0.15, 0.2) is 18.2 Å². The van der Waals surface area contributed by atoms with Crippen LogP contribution in [0, 0.1) is 0 Å². The zero-order chi connectivity index (χ0) is 13.7. The number of hydrogen-bond donors (Lipinski definition) is 1. The second-order valence-electron chi connectivity index (χ2n) is 4.01. The van der Waals surface area contributed by atoms with Gasteiger partial charge in [-0.2, -0.15) is 4.37 Å². The standard InChI is InChI=1S/C13H15ClN2O2S/c1-2-3-6-18-11-7-9(14)4-5-10(11)13-15-12(8-17)19-16-13/h4-5,7,17H,2-3,6,8H2,1H3. The number of hydrogen-bond acceptors (Lipinski definition) is 5. The highest BCUT2D eigenvalue weighted by molar-refractivity contribution is 7.05. The van der Waals surface area contributed by atoms with Gasteiger partial charge in [0.05, 0.1) is 18.8 Å². The van der Waals surface area contributed by atoms with Gasteiger partial charge in [0.2, 0.25) is 0 Å². The normalized spacial score (nSPS) is 10.7. The van der Waals surface area contributed by atoms with Crippen LogP contribution in [0.2, 0.25) is 5.02 Å². The first-order chi connectivity index (χ1) is 9.24. The van der Waals surface area contributed by atoms with Crippen LogP contribution in [0.4, 0.5) is 0 Å². The summed E-state index contributed by atoms with van der Waals surface area (Å²) >= 11 is 7.18. The van der Waals surface area contributed by atoms with Crippen LogP contribution in [-0.4, -0.2) is 21.1 Å². The molecule has 0 aliphatic heterocycles. The van der Waals surface area contributed by atoms with E-state index in [-0.39, 0.29) is 6.61 Å². The molecule has 0 aliphatic rings. The molecule has 0 fully saturated rings. The Morgan fingerprint density at radius 3 is 2.95 bits per heavy atom. The monoisotopic (exact) mass is 298 g/mol. The quantitative estimate of drug-likeness (QED) is 0.829. The first kappa shape index (κ1) is 14.2. The fourth-order valence-corrected chi connectivity index (χ4v) is 2.23. The molecule has 1 N–H and O–H groups in total. The van der Waals surface area contributed by atoms with Gasteiger partial charge >= 0.3 is 0 Å². The Bertz CT molecular complexity index is 545. The number of unbranched alkanes of at least 4 members (excludes halogenated alkanes) is 1. The predicted molar refractivity (Wildman–Crippen MR) is 76.7 cm³/mol. The molecule has 1 aromatic heterocycles. The first-order valence-electron chi connectivity index (χ1n) is 6.10. The summed E-state index contributed by atoms with van der Waals surface area (Å²) in [5, 5.41) is 10.2. The third-order valence-corrected chi connectivity index (χ3v) is 3.47. The fourth-order valence-electron chi connectivity index (χ4n) is 1.56. The van der Waals surface area contributed by atoms with E-state index in [2.05, 4.69) is 16.3 Å². The smallest absolute Gasteiger partial charge is 0.176 e. The second kappa shape index (κ2) is 6.84. The SMILES string of the molecule is CCCCOc1cc(Cl)ccc1-c1nsc(CO)n1. The summed E-state index contributed by atoms with van der Waals surface area (Å²) in [7, 11) is 0. The molecule has 102 valence electrons. The number of halogens is 1. The van der Waals surface area contributed by atoms with Gasteiger partial charge in [0.1, 0.15) is 10.8 Å². The van der Waals surface area contributed by atoms with Gasteiger partial charge in [-0.3, -0.25) is 0 Å². The molecular formula is C13H15ClN2O2S. The summed E-state index contributed by atoms with van der Waals surface area (Å²) < 4.78 is 9.96. The summed E-state index contributed by atoms with van der Waals surface area (Å²) in [5.41, 5.74) is 0.802. The minimum atomic E-state index is -0.0999. The summed E-state index contributed by atoms with van der Waals surface area (Å²) in [6.07, 6.45) is 2.05. The largest absolute Gasteiger partial charge is 0.493 e. The van der Waals surface area contributed by atoms with Crippen molar-refractivity contribution >= 4 is 23.1 Å². The summed E-state index contributed by atoms with van der Waals surface area (Å²) in [4.78, 5) is 4.25. The summed E-state index contributed by atoms with van der Waals surface area (Å²) in [6, 6.07) is 5.39.